The second-order valence-electron chi connectivity index (χ2n) is 4.00. The summed E-state index contributed by atoms with van der Waals surface area (Å²) >= 11 is 3.34. The predicted molar refractivity (Wildman–Crippen MR) is 76.1 cm³/mol. The zero-order valence-corrected chi connectivity index (χ0v) is 11.3. The third-order valence-corrected chi connectivity index (χ3v) is 3.17. The quantitative estimate of drug-likeness (QED) is 0.781. The summed E-state index contributed by atoms with van der Waals surface area (Å²) in [5.41, 5.74) is 2.67. The van der Waals surface area contributed by atoms with E-state index in [0.29, 0.717) is 16.8 Å². The molecule has 0 spiro atoms. The molecule has 5 heteroatoms. The van der Waals surface area contributed by atoms with Gasteiger partial charge in [-0.3, -0.25) is 4.79 Å². The van der Waals surface area contributed by atoms with Gasteiger partial charge in [-0.25, -0.2) is 4.98 Å². The molecular formula is C14H9BrN2O2. The van der Waals surface area contributed by atoms with Gasteiger partial charge in [0, 0.05) is 21.8 Å². The lowest BCUT2D eigenvalue weighted by molar-refractivity contribution is 0.102. The van der Waals surface area contributed by atoms with Gasteiger partial charge in [-0.05, 0) is 30.3 Å². The third kappa shape index (κ3) is 2.51. The van der Waals surface area contributed by atoms with E-state index in [4.69, 9.17) is 4.42 Å². The maximum atomic E-state index is 12.1. The molecule has 1 amide bonds. The molecule has 4 nitrogen and oxygen atoms in total. The molecule has 0 saturated carbocycles. The van der Waals surface area contributed by atoms with Gasteiger partial charge in [0.2, 0.25) is 0 Å². The topological polar surface area (TPSA) is 55.1 Å². The molecule has 1 heterocycles. The predicted octanol–water partition coefficient (Wildman–Crippen LogP) is 3.84. The molecule has 0 aliphatic heterocycles. The number of oxazole rings is 1. The van der Waals surface area contributed by atoms with E-state index in [2.05, 4.69) is 26.2 Å². The van der Waals surface area contributed by atoms with E-state index in [1.54, 1.807) is 30.3 Å². The summed E-state index contributed by atoms with van der Waals surface area (Å²) in [7, 11) is 0. The molecule has 3 rings (SSSR count). The van der Waals surface area contributed by atoms with Crippen molar-refractivity contribution in [1.82, 2.24) is 4.98 Å². The van der Waals surface area contributed by atoms with Gasteiger partial charge in [0.1, 0.15) is 5.52 Å². The first-order chi connectivity index (χ1) is 9.22. The highest BCUT2D eigenvalue weighted by molar-refractivity contribution is 9.10. The number of halogens is 1. The van der Waals surface area contributed by atoms with Gasteiger partial charge in [-0.15, -0.1) is 0 Å². The first kappa shape index (κ1) is 11.9. The molecule has 1 aromatic heterocycles. The molecule has 19 heavy (non-hydrogen) atoms. The van der Waals surface area contributed by atoms with E-state index >= 15 is 0 Å². The number of anilines is 1. The number of fused-ring (bicyclic) bond motifs is 1. The smallest absolute Gasteiger partial charge is 0.255 e. The largest absolute Gasteiger partial charge is 0.443 e. The fourth-order valence-corrected chi connectivity index (χ4v) is 2.17. The van der Waals surface area contributed by atoms with Crippen LogP contribution < -0.4 is 5.32 Å². The summed E-state index contributed by atoms with van der Waals surface area (Å²) in [6.45, 7) is 0. The number of nitrogens with zero attached hydrogens (tertiary/aromatic N) is 1. The van der Waals surface area contributed by atoms with Crippen LogP contribution in [0.4, 0.5) is 5.69 Å². The lowest BCUT2D eigenvalue weighted by Crippen LogP contribution is -2.11. The van der Waals surface area contributed by atoms with Gasteiger partial charge >= 0.3 is 0 Å². The maximum absolute atomic E-state index is 12.1. The number of aromatic nitrogens is 1. The molecule has 2 aromatic carbocycles. The van der Waals surface area contributed by atoms with Gasteiger partial charge in [0.05, 0.1) is 0 Å². The van der Waals surface area contributed by atoms with Gasteiger partial charge in [-0.2, -0.15) is 0 Å². The number of carbonyl (C=O) groups excluding carboxylic acids is 1. The molecule has 1 N–H and O–H groups in total. The number of carbonyl (C=O) groups is 1. The van der Waals surface area contributed by atoms with Crippen molar-refractivity contribution in [3.05, 3.63) is 58.9 Å². The van der Waals surface area contributed by atoms with Crippen molar-refractivity contribution < 1.29 is 9.21 Å². The molecule has 0 saturated heterocycles. The van der Waals surface area contributed by atoms with Gasteiger partial charge in [-0.1, -0.05) is 22.0 Å². The van der Waals surface area contributed by atoms with Crippen molar-refractivity contribution in [3.8, 4) is 0 Å². The minimum Gasteiger partial charge on any atom is -0.443 e. The fraction of sp³-hybridized carbons (Fsp3) is 0. The molecule has 0 unspecified atom stereocenters. The van der Waals surface area contributed by atoms with E-state index in [9.17, 15) is 4.79 Å². The van der Waals surface area contributed by atoms with Crippen LogP contribution in [0.1, 0.15) is 10.4 Å². The molecule has 0 aliphatic carbocycles. The van der Waals surface area contributed by atoms with Crippen molar-refractivity contribution in [3.63, 3.8) is 0 Å². The Morgan fingerprint density at radius 2 is 2.11 bits per heavy atom. The number of nitrogens with one attached hydrogen (secondary N) is 1. The Morgan fingerprint density at radius 1 is 1.21 bits per heavy atom. The molecule has 94 valence electrons. The van der Waals surface area contributed by atoms with E-state index in [1.807, 2.05) is 12.1 Å². The van der Waals surface area contributed by atoms with Crippen molar-refractivity contribution in [2.24, 2.45) is 0 Å². The highest BCUT2D eigenvalue weighted by atomic mass is 79.9. The Hall–Kier alpha value is -2.14. The lowest BCUT2D eigenvalue weighted by Gasteiger charge is -2.05. The number of hydrogen-bond donors (Lipinski definition) is 1. The van der Waals surface area contributed by atoms with Crippen molar-refractivity contribution in [1.29, 1.82) is 0 Å². The second kappa shape index (κ2) is 4.85. The van der Waals surface area contributed by atoms with Gasteiger partial charge < -0.3 is 9.73 Å². The van der Waals surface area contributed by atoms with Crippen LogP contribution in [0.3, 0.4) is 0 Å². The minimum atomic E-state index is -0.167. The van der Waals surface area contributed by atoms with Crippen LogP contribution in [0.15, 0.2) is 57.7 Å². The molecule has 0 fully saturated rings. The Kier molecular flexibility index (Phi) is 3.05. The SMILES string of the molecule is O=C(Nc1ccc2ncoc2c1)c1cccc(Br)c1. The van der Waals surface area contributed by atoms with E-state index in [0.717, 1.165) is 9.99 Å². The van der Waals surface area contributed by atoms with Crippen LogP contribution >= 0.6 is 15.9 Å². The Labute approximate surface area is 117 Å². The second-order valence-corrected chi connectivity index (χ2v) is 4.92. The standard InChI is InChI=1S/C14H9BrN2O2/c15-10-3-1-2-9(6-10)14(18)17-11-4-5-12-13(7-11)19-8-16-12/h1-8H,(H,17,18). The fourth-order valence-electron chi connectivity index (χ4n) is 1.77. The van der Waals surface area contributed by atoms with Gasteiger partial charge in [0.15, 0.2) is 12.0 Å². The molecule has 0 bridgehead atoms. The van der Waals surface area contributed by atoms with E-state index in [-0.39, 0.29) is 5.91 Å². The number of rotatable bonds is 2. The molecule has 0 atom stereocenters. The number of amides is 1. The average Bonchev–Trinajstić information content (AvgIpc) is 2.86. The van der Waals surface area contributed by atoms with Crippen LogP contribution in [0.2, 0.25) is 0 Å². The number of benzene rings is 2. The van der Waals surface area contributed by atoms with Crippen LogP contribution in [0.5, 0.6) is 0 Å². The highest BCUT2D eigenvalue weighted by Crippen LogP contribution is 2.19. The maximum Gasteiger partial charge on any atom is 0.255 e. The molecule has 3 aromatic rings. The third-order valence-electron chi connectivity index (χ3n) is 2.68. The summed E-state index contributed by atoms with van der Waals surface area (Å²) in [4.78, 5) is 16.1. The number of hydrogen-bond acceptors (Lipinski definition) is 3. The highest BCUT2D eigenvalue weighted by Gasteiger charge is 2.07. The van der Waals surface area contributed by atoms with Crippen molar-refractivity contribution in [2.45, 2.75) is 0 Å². The van der Waals surface area contributed by atoms with Crippen LogP contribution in [-0.4, -0.2) is 10.9 Å². The summed E-state index contributed by atoms with van der Waals surface area (Å²) in [6, 6.07) is 12.6. The van der Waals surface area contributed by atoms with E-state index in [1.165, 1.54) is 6.39 Å². The lowest BCUT2D eigenvalue weighted by atomic mass is 10.2. The normalized spacial score (nSPS) is 10.6. The minimum absolute atomic E-state index is 0.167. The monoisotopic (exact) mass is 316 g/mol. The Balaban J connectivity index is 1.86. The summed E-state index contributed by atoms with van der Waals surface area (Å²) in [5, 5.41) is 2.82. The Morgan fingerprint density at radius 3 is 2.95 bits per heavy atom. The summed E-state index contributed by atoms with van der Waals surface area (Å²) < 4.78 is 6.06. The van der Waals surface area contributed by atoms with Crippen LogP contribution in [-0.2, 0) is 0 Å². The van der Waals surface area contributed by atoms with Crippen LogP contribution in [0.25, 0.3) is 11.1 Å². The first-order valence-electron chi connectivity index (χ1n) is 5.62. The molecular weight excluding hydrogens is 308 g/mol. The Bertz CT molecular complexity index is 752. The van der Waals surface area contributed by atoms with Crippen molar-refractivity contribution >= 4 is 38.6 Å². The summed E-state index contributed by atoms with van der Waals surface area (Å²) in [6.07, 6.45) is 1.38. The van der Waals surface area contributed by atoms with Gasteiger partial charge in [0.25, 0.3) is 5.91 Å². The zero-order valence-electron chi connectivity index (χ0n) is 9.76. The van der Waals surface area contributed by atoms with E-state index < -0.39 is 0 Å². The van der Waals surface area contributed by atoms with Crippen LogP contribution in [0, 0.1) is 0 Å². The molecule has 0 aliphatic rings. The summed E-state index contributed by atoms with van der Waals surface area (Å²) in [5.74, 6) is -0.167. The van der Waals surface area contributed by atoms with Crippen molar-refractivity contribution in [2.75, 3.05) is 5.32 Å². The zero-order chi connectivity index (χ0) is 13.2. The molecule has 0 radical (unpaired) electrons. The first-order valence-corrected chi connectivity index (χ1v) is 6.42. The average molecular weight is 317 g/mol.